The van der Waals surface area contributed by atoms with E-state index >= 15 is 0 Å². The van der Waals surface area contributed by atoms with Crippen molar-refractivity contribution < 1.29 is 9.90 Å². The fraction of sp³-hybridized carbons (Fsp3) is 0. The number of hydrogen-bond acceptors (Lipinski definition) is 3. The maximum Gasteiger partial charge on any atom is 0.338 e. The number of halogens is 2. The summed E-state index contributed by atoms with van der Waals surface area (Å²) in [5.74, 6) is -0.581. The highest BCUT2D eigenvalue weighted by Crippen LogP contribution is 2.27. The molecule has 1 aromatic carbocycles. The molecule has 3 rings (SSSR count). The molecule has 3 aromatic rings. The molecule has 2 heterocycles. The number of benzene rings is 1. The molecule has 0 atom stereocenters. The molecule has 7 heteroatoms. The van der Waals surface area contributed by atoms with Crippen molar-refractivity contribution in [3.63, 3.8) is 0 Å². The summed E-state index contributed by atoms with van der Waals surface area (Å²) < 4.78 is 0. The first kappa shape index (κ1) is 12.9. The van der Waals surface area contributed by atoms with Crippen molar-refractivity contribution in [2.75, 3.05) is 0 Å². The summed E-state index contributed by atoms with van der Waals surface area (Å²) in [6.45, 7) is 0. The van der Waals surface area contributed by atoms with E-state index in [9.17, 15) is 4.79 Å². The quantitative estimate of drug-likeness (QED) is 0.757. The van der Waals surface area contributed by atoms with Gasteiger partial charge in [-0.1, -0.05) is 23.2 Å². The predicted molar refractivity (Wildman–Crippen MR) is 76.3 cm³/mol. The van der Waals surface area contributed by atoms with Crippen molar-refractivity contribution >= 4 is 40.3 Å². The lowest BCUT2D eigenvalue weighted by atomic mass is 10.2. The van der Waals surface area contributed by atoms with Gasteiger partial charge in [0, 0.05) is 21.8 Å². The zero-order valence-electron chi connectivity index (χ0n) is 9.89. The highest BCUT2D eigenvalue weighted by Gasteiger charge is 2.14. The van der Waals surface area contributed by atoms with E-state index in [2.05, 4.69) is 15.0 Å². The van der Waals surface area contributed by atoms with Crippen LogP contribution < -0.4 is 0 Å². The second-order valence-electron chi connectivity index (χ2n) is 4.11. The number of aromatic nitrogens is 3. The zero-order chi connectivity index (χ0) is 14.3. The van der Waals surface area contributed by atoms with Crippen LogP contribution in [0.15, 0.2) is 30.5 Å². The number of aromatic carboxylic acids is 1. The van der Waals surface area contributed by atoms with Crippen LogP contribution in [0, 0.1) is 0 Å². The van der Waals surface area contributed by atoms with Crippen molar-refractivity contribution in [1.82, 2.24) is 15.0 Å². The van der Waals surface area contributed by atoms with Crippen LogP contribution in [0.1, 0.15) is 10.4 Å². The van der Waals surface area contributed by atoms with E-state index in [1.54, 1.807) is 18.2 Å². The number of carbonyl (C=O) groups is 1. The smallest absolute Gasteiger partial charge is 0.338 e. The maximum atomic E-state index is 11.2. The van der Waals surface area contributed by atoms with Gasteiger partial charge in [-0.2, -0.15) is 0 Å². The number of nitrogens with one attached hydrogen (secondary N) is 1. The van der Waals surface area contributed by atoms with Crippen molar-refractivity contribution in [2.24, 2.45) is 0 Å². The molecule has 20 heavy (non-hydrogen) atoms. The number of rotatable bonds is 2. The number of carboxylic acid groups (broad SMARTS) is 1. The van der Waals surface area contributed by atoms with Gasteiger partial charge in [0.1, 0.15) is 5.82 Å². The molecule has 0 unspecified atom stereocenters. The summed E-state index contributed by atoms with van der Waals surface area (Å²) in [4.78, 5) is 22.4. The third-order valence-corrected chi connectivity index (χ3v) is 3.19. The Morgan fingerprint density at radius 2 is 1.90 bits per heavy atom. The molecule has 0 saturated heterocycles. The van der Waals surface area contributed by atoms with Crippen LogP contribution in [0.2, 0.25) is 10.0 Å². The Balaban J connectivity index is 2.23. The normalized spacial score (nSPS) is 10.9. The molecule has 0 aliphatic carbocycles. The van der Waals surface area contributed by atoms with Crippen molar-refractivity contribution in [2.45, 2.75) is 0 Å². The molecular weight excluding hydrogens is 301 g/mol. The van der Waals surface area contributed by atoms with E-state index in [1.807, 2.05) is 0 Å². The molecule has 100 valence electrons. The second-order valence-corrected chi connectivity index (χ2v) is 4.98. The highest BCUT2D eigenvalue weighted by atomic mass is 35.5. The summed E-state index contributed by atoms with van der Waals surface area (Å²) in [5.41, 5.74) is 1.47. The molecule has 2 N–H and O–H groups in total. The zero-order valence-corrected chi connectivity index (χ0v) is 11.4. The van der Waals surface area contributed by atoms with Gasteiger partial charge in [0.15, 0.2) is 5.65 Å². The van der Waals surface area contributed by atoms with E-state index in [0.717, 1.165) is 0 Å². The van der Waals surface area contributed by atoms with Gasteiger partial charge < -0.3 is 10.1 Å². The number of pyridine rings is 1. The summed E-state index contributed by atoms with van der Waals surface area (Å²) in [6, 6.07) is 6.39. The Morgan fingerprint density at radius 1 is 1.20 bits per heavy atom. The van der Waals surface area contributed by atoms with E-state index in [0.29, 0.717) is 32.6 Å². The third kappa shape index (κ3) is 2.21. The Morgan fingerprint density at radius 3 is 2.55 bits per heavy atom. The van der Waals surface area contributed by atoms with Gasteiger partial charge in [-0.3, -0.25) is 0 Å². The Labute approximate surface area is 123 Å². The van der Waals surface area contributed by atoms with E-state index in [1.165, 1.54) is 12.3 Å². The molecule has 0 fully saturated rings. The average Bonchev–Trinajstić information content (AvgIpc) is 2.80. The fourth-order valence-electron chi connectivity index (χ4n) is 1.92. The third-order valence-electron chi connectivity index (χ3n) is 2.76. The largest absolute Gasteiger partial charge is 0.478 e. The Bertz CT molecular complexity index is 809. The molecule has 0 bridgehead atoms. The number of H-pyrrole nitrogens is 1. The monoisotopic (exact) mass is 307 g/mol. The first-order valence-corrected chi connectivity index (χ1v) is 6.34. The molecule has 0 saturated carbocycles. The van der Waals surface area contributed by atoms with Gasteiger partial charge in [-0.15, -0.1) is 0 Å². The summed E-state index contributed by atoms with van der Waals surface area (Å²) in [5, 5.41) is 10.1. The van der Waals surface area contributed by atoms with E-state index in [4.69, 9.17) is 28.3 Å². The van der Waals surface area contributed by atoms with Crippen LogP contribution in [-0.2, 0) is 0 Å². The van der Waals surface area contributed by atoms with Gasteiger partial charge >= 0.3 is 5.97 Å². The lowest BCUT2D eigenvalue weighted by Gasteiger charge is -1.99. The van der Waals surface area contributed by atoms with Crippen LogP contribution in [-0.4, -0.2) is 26.0 Å². The predicted octanol–water partition coefficient (Wildman–Crippen LogP) is 3.63. The fourth-order valence-corrected chi connectivity index (χ4v) is 2.44. The minimum Gasteiger partial charge on any atom is -0.478 e. The molecule has 0 aliphatic heterocycles. The molecule has 0 radical (unpaired) electrons. The molecular formula is C13H7Cl2N3O2. The minimum atomic E-state index is -1.04. The van der Waals surface area contributed by atoms with Gasteiger partial charge in [0.25, 0.3) is 0 Å². The number of nitrogens with zero attached hydrogens (tertiary/aromatic N) is 2. The van der Waals surface area contributed by atoms with Crippen LogP contribution in [0.25, 0.3) is 22.6 Å². The minimum absolute atomic E-state index is 0.113. The van der Waals surface area contributed by atoms with Gasteiger partial charge in [-0.05, 0) is 24.3 Å². The first-order chi connectivity index (χ1) is 9.54. The summed E-state index contributed by atoms with van der Waals surface area (Å²) in [7, 11) is 0. The number of fused-ring (bicyclic) bond motifs is 1. The lowest BCUT2D eigenvalue weighted by Crippen LogP contribution is -1.97. The molecule has 0 spiro atoms. The van der Waals surface area contributed by atoms with Gasteiger partial charge in [-0.25, -0.2) is 14.8 Å². The van der Waals surface area contributed by atoms with Gasteiger partial charge in [0.05, 0.1) is 11.1 Å². The number of hydrogen-bond donors (Lipinski definition) is 2. The van der Waals surface area contributed by atoms with Crippen LogP contribution in [0.3, 0.4) is 0 Å². The molecule has 0 aliphatic rings. The average molecular weight is 308 g/mol. The number of carboxylic acids is 1. The van der Waals surface area contributed by atoms with Crippen molar-refractivity contribution in [3.8, 4) is 11.4 Å². The highest BCUT2D eigenvalue weighted by molar-refractivity contribution is 6.35. The summed E-state index contributed by atoms with van der Waals surface area (Å²) in [6.07, 6.45) is 1.40. The van der Waals surface area contributed by atoms with Crippen LogP contribution >= 0.6 is 23.2 Å². The Kier molecular flexibility index (Phi) is 3.08. The van der Waals surface area contributed by atoms with Crippen LogP contribution in [0.4, 0.5) is 0 Å². The van der Waals surface area contributed by atoms with Crippen molar-refractivity contribution in [1.29, 1.82) is 0 Å². The second kappa shape index (κ2) is 4.77. The van der Waals surface area contributed by atoms with Crippen LogP contribution in [0.5, 0.6) is 0 Å². The first-order valence-electron chi connectivity index (χ1n) is 5.59. The Hall–Kier alpha value is -2.11. The van der Waals surface area contributed by atoms with Gasteiger partial charge in [0.2, 0.25) is 0 Å². The maximum absolute atomic E-state index is 11.2. The lowest BCUT2D eigenvalue weighted by molar-refractivity contribution is 0.0699. The number of aromatic amines is 1. The number of imidazole rings is 1. The molecule has 5 nitrogen and oxygen atoms in total. The standard InChI is InChI=1S/C13H7Cl2N3O2/c14-7-3-6(4-8(15)5-7)11-17-10-9(13(19)20)1-2-16-12(10)18-11/h1-5H,(H,19,20)(H,16,17,18). The molecule has 2 aromatic heterocycles. The van der Waals surface area contributed by atoms with E-state index in [-0.39, 0.29) is 5.56 Å². The topological polar surface area (TPSA) is 78.9 Å². The van der Waals surface area contributed by atoms with E-state index < -0.39 is 5.97 Å². The summed E-state index contributed by atoms with van der Waals surface area (Å²) >= 11 is 11.9. The molecule has 0 amide bonds. The SMILES string of the molecule is O=C(O)c1ccnc2nc(-c3cc(Cl)cc(Cl)c3)[nH]c12. The van der Waals surface area contributed by atoms with Crippen molar-refractivity contribution in [3.05, 3.63) is 46.1 Å².